The molecule has 3 rings (SSSR count). The molecule has 1 aromatic rings. The Balaban J connectivity index is 1.96. The summed E-state index contributed by atoms with van der Waals surface area (Å²) in [4.78, 5) is 17.2. The SMILES string of the molecule is CCC1C2CNCC2CN1c1ncccc1[N+](=O)[O-]. The van der Waals surface area contributed by atoms with Crippen LogP contribution in [-0.4, -0.2) is 35.6 Å². The van der Waals surface area contributed by atoms with E-state index in [0.29, 0.717) is 23.7 Å². The first-order chi connectivity index (χ1) is 9.22. The van der Waals surface area contributed by atoms with Gasteiger partial charge in [-0.3, -0.25) is 10.1 Å². The summed E-state index contributed by atoms with van der Waals surface area (Å²) >= 11 is 0. The molecule has 0 spiro atoms. The minimum atomic E-state index is -0.332. The molecule has 3 heterocycles. The molecule has 2 saturated heterocycles. The van der Waals surface area contributed by atoms with E-state index in [1.807, 2.05) is 0 Å². The molecule has 0 aliphatic carbocycles. The van der Waals surface area contributed by atoms with Crippen LogP contribution < -0.4 is 10.2 Å². The van der Waals surface area contributed by atoms with Crippen LogP contribution in [0.15, 0.2) is 18.3 Å². The van der Waals surface area contributed by atoms with E-state index in [1.54, 1.807) is 18.3 Å². The molecule has 2 aliphatic rings. The van der Waals surface area contributed by atoms with Gasteiger partial charge in [-0.15, -0.1) is 0 Å². The highest BCUT2D eigenvalue weighted by molar-refractivity contribution is 5.59. The van der Waals surface area contributed by atoms with Gasteiger partial charge in [0.15, 0.2) is 0 Å². The van der Waals surface area contributed by atoms with E-state index in [2.05, 4.69) is 22.1 Å². The topological polar surface area (TPSA) is 71.3 Å². The second kappa shape index (κ2) is 4.77. The smallest absolute Gasteiger partial charge is 0.311 e. The van der Waals surface area contributed by atoms with Crippen LogP contribution in [0.4, 0.5) is 11.5 Å². The number of hydrogen-bond acceptors (Lipinski definition) is 5. The van der Waals surface area contributed by atoms with Gasteiger partial charge in [0.25, 0.3) is 0 Å². The third kappa shape index (κ3) is 1.96. The van der Waals surface area contributed by atoms with Crippen LogP contribution in [-0.2, 0) is 0 Å². The normalized spacial score (nSPS) is 29.5. The molecule has 2 aliphatic heterocycles. The van der Waals surface area contributed by atoms with Crippen molar-refractivity contribution in [3.8, 4) is 0 Å². The number of fused-ring (bicyclic) bond motifs is 1. The third-order valence-corrected chi connectivity index (χ3v) is 4.37. The highest BCUT2D eigenvalue weighted by atomic mass is 16.6. The highest BCUT2D eigenvalue weighted by Crippen LogP contribution is 2.39. The molecule has 1 aromatic heterocycles. The first-order valence-corrected chi connectivity index (χ1v) is 6.79. The maximum absolute atomic E-state index is 11.1. The van der Waals surface area contributed by atoms with Crippen molar-refractivity contribution >= 4 is 11.5 Å². The van der Waals surface area contributed by atoms with Crippen molar-refractivity contribution < 1.29 is 4.92 Å². The van der Waals surface area contributed by atoms with Gasteiger partial charge in [-0.05, 0) is 24.3 Å². The molecule has 0 saturated carbocycles. The van der Waals surface area contributed by atoms with Crippen LogP contribution in [0, 0.1) is 22.0 Å². The number of anilines is 1. The lowest BCUT2D eigenvalue weighted by molar-refractivity contribution is -0.384. The van der Waals surface area contributed by atoms with Gasteiger partial charge in [-0.1, -0.05) is 6.92 Å². The molecule has 102 valence electrons. The lowest BCUT2D eigenvalue weighted by Crippen LogP contribution is -2.36. The average Bonchev–Trinajstić information content (AvgIpc) is 2.98. The molecule has 0 aromatic carbocycles. The monoisotopic (exact) mass is 262 g/mol. The fourth-order valence-corrected chi connectivity index (χ4v) is 3.54. The lowest BCUT2D eigenvalue weighted by atomic mass is 9.93. The Bertz CT molecular complexity index is 493. The predicted octanol–water partition coefficient (Wildman–Crippen LogP) is 1.42. The zero-order valence-electron chi connectivity index (χ0n) is 11.0. The largest absolute Gasteiger partial charge is 0.347 e. The predicted molar refractivity (Wildman–Crippen MR) is 72.2 cm³/mol. The van der Waals surface area contributed by atoms with Gasteiger partial charge in [0.1, 0.15) is 0 Å². The van der Waals surface area contributed by atoms with Crippen molar-refractivity contribution in [3.63, 3.8) is 0 Å². The molecule has 0 amide bonds. The first-order valence-electron chi connectivity index (χ1n) is 6.79. The van der Waals surface area contributed by atoms with Gasteiger partial charge in [0.05, 0.1) is 4.92 Å². The summed E-state index contributed by atoms with van der Waals surface area (Å²) in [7, 11) is 0. The highest BCUT2D eigenvalue weighted by Gasteiger charge is 2.45. The summed E-state index contributed by atoms with van der Waals surface area (Å²) in [6.07, 6.45) is 2.64. The maximum Gasteiger partial charge on any atom is 0.311 e. The van der Waals surface area contributed by atoms with Crippen LogP contribution in [0.2, 0.25) is 0 Å². The van der Waals surface area contributed by atoms with Gasteiger partial charge in [-0.25, -0.2) is 4.98 Å². The van der Waals surface area contributed by atoms with E-state index in [9.17, 15) is 10.1 Å². The van der Waals surface area contributed by atoms with Crippen LogP contribution in [0.1, 0.15) is 13.3 Å². The number of nitrogens with one attached hydrogen (secondary N) is 1. The summed E-state index contributed by atoms with van der Waals surface area (Å²) in [6, 6.07) is 3.52. The van der Waals surface area contributed by atoms with Gasteiger partial charge in [0, 0.05) is 37.9 Å². The van der Waals surface area contributed by atoms with Crippen LogP contribution in [0.25, 0.3) is 0 Å². The Kier molecular flexibility index (Phi) is 3.10. The van der Waals surface area contributed by atoms with Gasteiger partial charge >= 0.3 is 5.69 Å². The van der Waals surface area contributed by atoms with Crippen molar-refractivity contribution in [1.29, 1.82) is 0 Å². The fourth-order valence-electron chi connectivity index (χ4n) is 3.54. The molecule has 19 heavy (non-hydrogen) atoms. The summed E-state index contributed by atoms with van der Waals surface area (Å²) < 4.78 is 0. The quantitative estimate of drug-likeness (QED) is 0.659. The third-order valence-electron chi connectivity index (χ3n) is 4.37. The van der Waals surface area contributed by atoms with Crippen LogP contribution in [0.5, 0.6) is 0 Å². The Morgan fingerprint density at radius 3 is 3.16 bits per heavy atom. The number of hydrogen-bond donors (Lipinski definition) is 1. The Hall–Kier alpha value is -1.69. The van der Waals surface area contributed by atoms with Crippen LogP contribution in [0.3, 0.4) is 0 Å². The molecule has 6 heteroatoms. The van der Waals surface area contributed by atoms with Crippen molar-refractivity contribution in [2.45, 2.75) is 19.4 Å². The van der Waals surface area contributed by atoms with Crippen molar-refractivity contribution in [3.05, 3.63) is 28.4 Å². The van der Waals surface area contributed by atoms with Gasteiger partial charge < -0.3 is 10.2 Å². The number of pyridine rings is 1. The Morgan fingerprint density at radius 1 is 1.58 bits per heavy atom. The summed E-state index contributed by atoms with van der Waals surface area (Å²) in [5.41, 5.74) is 0.119. The summed E-state index contributed by atoms with van der Waals surface area (Å²) in [6.45, 7) is 5.04. The Labute approximate surface area is 112 Å². The average molecular weight is 262 g/mol. The Morgan fingerprint density at radius 2 is 2.42 bits per heavy atom. The van der Waals surface area contributed by atoms with E-state index in [1.165, 1.54) is 0 Å². The summed E-state index contributed by atoms with van der Waals surface area (Å²) in [5.74, 6) is 1.71. The van der Waals surface area contributed by atoms with Gasteiger partial charge in [0.2, 0.25) is 5.82 Å². The second-order valence-corrected chi connectivity index (χ2v) is 5.31. The molecule has 3 unspecified atom stereocenters. The molecule has 2 fully saturated rings. The molecule has 1 N–H and O–H groups in total. The first kappa shape index (κ1) is 12.3. The second-order valence-electron chi connectivity index (χ2n) is 5.31. The summed E-state index contributed by atoms with van der Waals surface area (Å²) in [5, 5.41) is 14.6. The molecule has 6 nitrogen and oxygen atoms in total. The number of rotatable bonds is 3. The zero-order valence-corrected chi connectivity index (χ0v) is 11.0. The molecule has 3 atom stereocenters. The molecule has 0 radical (unpaired) electrons. The van der Waals surface area contributed by atoms with Gasteiger partial charge in [-0.2, -0.15) is 0 Å². The fraction of sp³-hybridized carbons (Fsp3) is 0.615. The zero-order chi connectivity index (χ0) is 13.4. The molecular formula is C13H18N4O2. The van der Waals surface area contributed by atoms with Crippen molar-refractivity contribution in [2.24, 2.45) is 11.8 Å². The lowest BCUT2D eigenvalue weighted by Gasteiger charge is -2.27. The van der Waals surface area contributed by atoms with Crippen LogP contribution >= 0.6 is 0 Å². The number of nitro groups is 1. The standard InChI is InChI=1S/C13H18N4O2/c1-2-11-10-7-14-6-9(10)8-16(11)13-12(17(18)19)4-3-5-15-13/h3-5,9-11,14H,2,6-8H2,1H3. The minimum absolute atomic E-state index is 0.119. The van der Waals surface area contributed by atoms with E-state index in [4.69, 9.17) is 0 Å². The van der Waals surface area contributed by atoms with E-state index in [-0.39, 0.29) is 10.6 Å². The number of nitrogens with zero attached hydrogens (tertiary/aromatic N) is 3. The van der Waals surface area contributed by atoms with E-state index >= 15 is 0 Å². The molecular weight excluding hydrogens is 244 g/mol. The number of aromatic nitrogens is 1. The maximum atomic E-state index is 11.1. The van der Waals surface area contributed by atoms with Crippen molar-refractivity contribution in [1.82, 2.24) is 10.3 Å². The minimum Gasteiger partial charge on any atom is -0.347 e. The molecule has 0 bridgehead atoms. The van der Waals surface area contributed by atoms with E-state index < -0.39 is 0 Å². The van der Waals surface area contributed by atoms with E-state index in [0.717, 1.165) is 26.1 Å². The van der Waals surface area contributed by atoms with Crippen molar-refractivity contribution in [2.75, 3.05) is 24.5 Å².